The first kappa shape index (κ1) is 18.1. The van der Waals surface area contributed by atoms with Crippen molar-refractivity contribution in [3.8, 4) is 5.75 Å². The van der Waals surface area contributed by atoms with Gasteiger partial charge in [0.1, 0.15) is 5.75 Å². The fraction of sp³-hybridized carbons (Fsp3) is 0.350. The Kier molecular flexibility index (Phi) is 6.22. The predicted molar refractivity (Wildman–Crippen MR) is 102 cm³/mol. The van der Waals surface area contributed by atoms with Gasteiger partial charge in [0.05, 0.1) is 0 Å². The highest BCUT2D eigenvalue weighted by molar-refractivity contribution is 6.30. The number of hydrogen-bond acceptors (Lipinski definition) is 2. The van der Waals surface area contributed by atoms with Crippen LogP contribution in [0.1, 0.15) is 30.7 Å². The van der Waals surface area contributed by atoms with Crippen LogP contribution in [0.25, 0.3) is 0 Å². The Morgan fingerprint density at radius 1 is 1.00 bits per heavy atom. The molecular formula is C20H21Cl2NO2. The van der Waals surface area contributed by atoms with E-state index in [0.29, 0.717) is 16.7 Å². The van der Waals surface area contributed by atoms with Crippen molar-refractivity contribution in [2.45, 2.75) is 25.2 Å². The number of carbonyl (C=O) groups excluding carboxylic acids is 1. The van der Waals surface area contributed by atoms with Crippen LogP contribution in [0.2, 0.25) is 10.0 Å². The summed E-state index contributed by atoms with van der Waals surface area (Å²) in [5, 5.41) is 1.39. The lowest BCUT2D eigenvalue weighted by Gasteiger charge is -2.25. The molecule has 0 spiro atoms. The molecule has 2 aromatic carbocycles. The van der Waals surface area contributed by atoms with Crippen molar-refractivity contribution in [2.75, 3.05) is 19.7 Å². The van der Waals surface area contributed by atoms with Gasteiger partial charge in [-0.2, -0.15) is 0 Å². The molecule has 3 rings (SSSR count). The van der Waals surface area contributed by atoms with E-state index in [-0.39, 0.29) is 12.5 Å². The molecule has 0 aromatic heterocycles. The summed E-state index contributed by atoms with van der Waals surface area (Å²) in [5.41, 5.74) is 1.24. The standard InChI is InChI=1S/C20H21Cl2NO2/c21-17-6-4-15(5-7-17)16-3-1-2-12-23(13-16)20(24)14-25-19-10-8-18(22)9-11-19/h4-11,16H,1-3,12-14H2. The second kappa shape index (κ2) is 8.59. The third-order valence-electron chi connectivity index (χ3n) is 4.54. The number of halogens is 2. The van der Waals surface area contributed by atoms with Crippen LogP contribution in [0.15, 0.2) is 48.5 Å². The van der Waals surface area contributed by atoms with E-state index in [9.17, 15) is 4.79 Å². The van der Waals surface area contributed by atoms with E-state index in [1.807, 2.05) is 17.0 Å². The Hall–Kier alpha value is -1.71. The minimum atomic E-state index is 0.0239. The molecule has 1 saturated heterocycles. The van der Waals surface area contributed by atoms with E-state index in [0.717, 1.165) is 37.4 Å². The zero-order valence-electron chi connectivity index (χ0n) is 14.0. The number of likely N-dealkylation sites (tertiary alicyclic amines) is 1. The van der Waals surface area contributed by atoms with E-state index in [1.54, 1.807) is 24.3 Å². The lowest BCUT2D eigenvalue weighted by Crippen LogP contribution is -2.37. The van der Waals surface area contributed by atoms with Gasteiger partial charge in [-0.25, -0.2) is 0 Å². The first-order chi connectivity index (χ1) is 12.1. The van der Waals surface area contributed by atoms with E-state index in [1.165, 1.54) is 5.56 Å². The molecule has 132 valence electrons. The van der Waals surface area contributed by atoms with Gasteiger partial charge in [-0.1, -0.05) is 41.8 Å². The molecule has 1 aliphatic heterocycles. The number of amides is 1. The van der Waals surface area contributed by atoms with Crippen LogP contribution in [-0.4, -0.2) is 30.5 Å². The van der Waals surface area contributed by atoms with Crippen LogP contribution in [0, 0.1) is 0 Å². The van der Waals surface area contributed by atoms with E-state index in [4.69, 9.17) is 27.9 Å². The number of rotatable bonds is 4. The summed E-state index contributed by atoms with van der Waals surface area (Å²) in [6.45, 7) is 1.56. The molecule has 0 radical (unpaired) electrons. The average molecular weight is 378 g/mol. The number of hydrogen-bond donors (Lipinski definition) is 0. The maximum atomic E-state index is 12.6. The molecule has 0 N–H and O–H groups in total. The zero-order chi connectivity index (χ0) is 17.6. The first-order valence-electron chi connectivity index (χ1n) is 8.53. The largest absolute Gasteiger partial charge is 0.484 e. The summed E-state index contributed by atoms with van der Waals surface area (Å²) < 4.78 is 5.61. The lowest BCUT2D eigenvalue weighted by atomic mass is 9.94. The molecule has 25 heavy (non-hydrogen) atoms. The molecule has 1 unspecified atom stereocenters. The Balaban J connectivity index is 1.60. The summed E-state index contributed by atoms with van der Waals surface area (Å²) in [6, 6.07) is 15.0. The maximum absolute atomic E-state index is 12.6. The molecule has 1 atom stereocenters. The van der Waals surface area contributed by atoms with Gasteiger partial charge in [0.2, 0.25) is 0 Å². The van der Waals surface area contributed by atoms with Crippen molar-refractivity contribution in [3.63, 3.8) is 0 Å². The Bertz CT molecular complexity index is 701. The highest BCUT2D eigenvalue weighted by Gasteiger charge is 2.23. The Morgan fingerprint density at radius 3 is 2.32 bits per heavy atom. The number of ether oxygens (including phenoxy) is 1. The summed E-state index contributed by atoms with van der Waals surface area (Å²) in [4.78, 5) is 14.5. The first-order valence-corrected chi connectivity index (χ1v) is 9.29. The summed E-state index contributed by atoms with van der Waals surface area (Å²) in [7, 11) is 0. The molecule has 0 aliphatic carbocycles. The quantitative estimate of drug-likeness (QED) is 0.735. The smallest absolute Gasteiger partial charge is 0.260 e. The van der Waals surface area contributed by atoms with Gasteiger partial charge in [-0.15, -0.1) is 0 Å². The van der Waals surface area contributed by atoms with E-state index in [2.05, 4.69) is 12.1 Å². The van der Waals surface area contributed by atoms with Gasteiger partial charge in [0.15, 0.2) is 6.61 Å². The van der Waals surface area contributed by atoms with Gasteiger partial charge < -0.3 is 9.64 Å². The molecule has 3 nitrogen and oxygen atoms in total. The van der Waals surface area contributed by atoms with Crippen molar-refractivity contribution >= 4 is 29.1 Å². The predicted octanol–water partition coefficient (Wildman–Crippen LogP) is 5.17. The molecule has 1 amide bonds. The number of nitrogens with zero attached hydrogens (tertiary/aromatic N) is 1. The van der Waals surface area contributed by atoms with Crippen molar-refractivity contribution in [1.29, 1.82) is 0 Å². The summed E-state index contributed by atoms with van der Waals surface area (Å²) >= 11 is 11.8. The molecule has 0 bridgehead atoms. The van der Waals surface area contributed by atoms with Gasteiger partial charge in [0.25, 0.3) is 5.91 Å². The van der Waals surface area contributed by atoms with Gasteiger partial charge in [-0.05, 0) is 54.8 Å². The van der Waals surface area contributed by atoms with Crippen molar-refractivity contribution in [1.82, 2.24) is 4.90 Å². The number of benzene rings is 2. The molecule has 0 saturated carbocycles. The molecule has 5 heteroatoms. The van der Waals surface area contributed by atoms with Gasteiger partial charge in [0, 0.05) is 29.1 Å². The second-order valence-electron chi connectivity index (χ2n) is 6.33. The van der Waals surface area contributed by atoms with E-state index < -0.39 is 0 Å². The lowest BCUT2D eigenvalue weighted by molar-refractivity contribution is -0.133. The second-order valence-corrected chi connectivity index (χ2v) is 7.20. The van der Waals surface area contributed by atoms with Crippen LogP contribution in [0.4, 0.5) is 0 Å². The zero-order valence-corrected chi connectivity index (χ0v) is 15.5. The van der Waals surface area contributed by atoms with Crippen LogP contribution in [-0.2, 0) is 4.79 Å². The normalized spacial score (nSPS) is 17.8. The fourth-order valence-corrected chi connectivity index (χ4v) is 3.39. The third kappa shape index (κ3) is 5.13. The maximum Gasteiger partial charge on any atom is 0.260 e. The minimum absolute atomic E-state index is 0.0239. The topological polar surface area (TPSA) is 29.5 Å². The molecule has 1 heterocycles. The van der Waals surface area contributed by atoms with Crippen molar-refractivity contribution < 1.29 is 9.53 Å². The minimum Gasteiger partial charge on any atom is -0.484 e. The molecule has 2 aromatic rings. The SMILES string of the molecule is O=C(COc1ccc(Cl)cc1)N1CCCCC(c2ccc(Cl)cc2)C1. The van der Waals surface area contributed by atoms with Crippen molar-refractivity contribution in [3.05, 3.63) is 64.1 Å². The molecule has 1 fully saturated rings. The van der Waals surface area contributed by atoms with E-state index >= 15 is 0 Å². The molecule has 1 aliphatic rings. The summed E-state index contributed by atoms with van der Waals surface area (Å²) in [6.07, 6.45) is 3.23. The Labute approximate surface area is 158 Å². The monoisotopic (exact) mass is 377 g/mol. The van der Waals surface area contributed by atoms with Crippen molar-refractivity contribution in [2.24, 2.45) is 0 Å². The van der Waals surface area contributed by atoms with Crippen LogP contribution >= 0.6 is 23.2 Å². The third-order valence-corrected chi connectivity index (χ3v) is 5.05. The fourth-order valence-electron chi connectivity index (χ4n) is 3.14. The van der Waals surface area contributed by atoms with Crippen LogP contribution in [0.3, 0.4) is 0 Å². The summed E-state index contributed by atoms with van der Waals surface area (Å²) in [5.74, 6) is 1.02. The highest BCUT2D eigenvalue weighted by Crippen LogP contribution is 2.27. The van der Waals surface area contributed by atoms with Crippen LogP contribution in [0.5, 0.6) is 5.75 Å². The van der Waals surface area contributed by atoms with Gasteiger partial charge >= 0.3 is 0 Å². The number of carbonyl (C=O) groups is 1. The Morgan fingerprint density at radius 2 is 1.64 bits per heavy atom. The molecular weight excluding hydrogens is 357 g/mol. The average Bonchev–Trinajstić information content (AvgIpc) is 2.88. The highest BCUT2D eigenvalue weighted by atomic mass is 35.5. The van der Waals surface area contributed by atoms with Crippen LogP contribution < -0.4 is 4.74 Å². The van der Waals surface area contributed by atoms with Gasteiger partial charge in [-0.3, -0.25) is 4.79 Å².